The van der Waals surface area contributed by atoms with Gasteiger partial charge in [0.25, 0.3) is 0 Å². The monoisotopic (exact) mass is 288 g/mol. The van der Waals surface area contributed by atoms with Gasteiger partial charge in [0.15, 0.2) is 0 Å². The summed E-state index contributed by atoms with van der Waals surface area (Å²) in [6.45, 7) is 14.8. The van der Waals surface area contributed by atoms with E-state index in [4.69, 9.17) is 4.74 Å². The van der Waals surface area contributed by atoms with E-state index in [0.29, 0.717) is 5.41 Å². The molecule has 0 saturated carbocycles. The van der Waals surface area contributed by atoms with Crippen molar-refractivity contribution in [2.45, 2.75) is 54.1 Å². The lowest BCUT2D eigenvalue weighted by atomic mass is 10.0. The van der Waals surface area contributed by atoms with E-state index in [0.717, 1.165) is 0 Å². The quantitative estimate of drug-likeness (QED) is 0.551. The van der Waals surface area contributed by atoms with Gasteiger partial charge in [0.1, 0.15) is 0 Å². The average Bonchev–Trinajstić information content (AvgIpc) is 2.37. The predicted octanol–water partition coefficient (Wildman–Crippen LogP) is 6.32. The Morgan fingerprint density at radius 3 is 0.952 bits per heavy atom. The molecule has 21 heavy (non-hydrogen) atoms. The van der Waals surface area contributed by atoms with Crippen LogP contribution in [-0.4, -0.2) is 12.7 Å². The Bertz CT molecular complexity index is 429. The Labute approximate surface area is 131 Å². The van der Waals surface area contributed by atoms with Crippen LogP contribution in [0.2, 0.25) is 0 Å². The fourth-order valence-corrected chi connectivity index (χ4v) is 1.13. The second kappa shape index (κ2) is 8.84. The van der Waals surface area contributed by atoms with Crippen molar-refractivity contribution in [3.8, 4) is 0 Å². The van der Waals surface area contributed by atoms with Gasteiger partial charge in [-0.05, 0) is 37.0 Å². The third kappa shape index (κ3) is 13.4. The van der Waals surface area contributed by atoms with Crippen molar-refractivity contribution in [2.75, 3.05) is 7.11 Å². The summed E-state index contributed by atoms with van der Waals surface area (Å²) in [5.74, 6) is 0. The van der Waals surface area contributed by atoms with Crippen molar-refractivity contribution in [3.63, 3.8) is 0 Å². The highest BCUT2D eigenvalue weighted by Gasteiger charge is 2.04. The molecule has 0 heterocycles. The molecular weight excluding hydrogens is 256 g/mol. The molecule has 118 valence electrons. The highest BCUT2D eigenvalue weighted by Crippen LogP contribution is 2.11. The molecule has 0 saturated heterocycles. The maximum Gasteiger partial charge on any atom is 0.0594 e. The number of ether oxygens (including phenoxy) is 1. The fourth-order valence-electron chi connectivity index (χ4n) is 1.13. The van der Waals surface area contributed by atoms with Crippen molar-refractivity contribution in [2.24, 2.45) is 5.41 Å². The molecule has 0 bridgehead atoms. The Morgan fingerprint density at radius 1 is 0.619 bits per heavy atom. The van der Waals surface area contributed by atoms with E-state index in [-0.39, 0.29) is 5.60 Å². The first-order valence-corrected chi connectivity index (χ1v) is 7.52. The van der Waals surface area contributed by atoms with Gasteiger partial charge in [-0.1, -0.05) is 76.2 Å². The molecule has 0 aliphatic carbocycles. The van der Waals surface area contributed by atoms with E-state index in [1.807, 2.05) is 20.8 Å². The highest BCUT2D eigenvalue weighted by atomic mass is 16.5. The average molecular weight is 288 g/mol. The van der Waals surface area contributed by atoms with E-state index < -0.39 is 0 Å². The lowest BCUT2D eigenvalue weighted by molar-refractivity contribution is 0.0397. The van der Waals surface area contributed by atoms with Crippen LogP contribution in [0.1, 0.15) is 48.5 Å². The third-order valence-electron chi connectivity index (χ3n) is 2.27. The van der Waals surface area contributed by atoms with Gasteiger partial charge in [-0.15, -0.1) is 0 Å². The minimum atomic E-state index is 0.0417. The first-order chi connectivity index (χ1) is 9.53. The Morgan fingerprint density at radius 2 is 0.810 bits per heavy atom. The van der Waals surface area contributed by atoms with Crippen molar-refractivity contribution in [1.29, 1.82) is 0 Å². The third-order valence-corrected chi connectivity index (χ3v) is 2.27. The van der Waals surface area contributed by atoms with Crippen LogP contribution in [-0.2, 0) is 4.74 Å². The molecule has 1 nitrogen and oxygen atoms in total. The lowest BCUT2D eigenvalue weighted by Crippen LogP contribution is -2.15. The summed E-state index contributed by atoms with van der Waals surface area (Å²) >= 11 is 0. The minimum absolute atomic E-state index is 0.0417. The molecule has 0 N–H and O–H groups in total. The van der Waals surface area contributed by atoms with Gasteiger partial charge in [-0.2, -0.15) is 0 Å². The topological polar surface area (TPSA) is 9.23 Å². The van der Waals surface area contributed by atoms with Crippen LogP contribution in [0, 0.1) is 5.41 Å². The molecule has 0 amide bonds. The van der Waals surface area contributed by atoms with Crippen LogP contribution in [0.5, 0.6) is 0 Å². The van der Waals surface area contributed by atoms with Gasteiger partial charge in [0.2, 0.25) is 0 Å². The van der Waals surface area contributed by atoms with Crippen molar-refractivity contribution >= 4 is 10.8 Å². The maximum atomic E-state index is 4.94. The van der Waals surface area contributed by atoms with Crippen LogP contribution >= 0.6 is 0 Å². The van der Waals surface area contributed by atoms with Crippen LogP contribution in [0.15, 0.2) is 48.5 Å². The predicted molar refractivity (Wildman–Crippen MR) is 95.8 cm³/mol. The fraction of sp³-hybridized carbons (Fsp3) is 0.500. The SMILES string of the molecule is CC(C)(C)C.COC(C)(C)C.c1ccc2ccccc2c1. The summed E-state index contributed by atoms with van der Waals surface area (Å²) in [6.07, 6.45) is 0. The van der Waals surface area contributed by atoms with Crippen molar-refractivity contribution < 1.29 is 4.74 Å². The normalized spacial score (nSPS) is 11.0. The number of fused-ring (bicyclic) bond motifs is 1. The minimum Gasteiger partial charge on any atom is -0.379 e. The lowest BCUT2D eigenvalue weighted by Gasteiger charge is -2.14. The molecule has 0 aliphatic heterocycles. The number of benzene rings is 2. The van der Waals surface area contributed by atoms with E-state index >= 15 is 0 Å². The summed E-state index contributed by atoms with van der Waals surface area (Å²) in [5, 5.41) is 2.62. The van der Waals surface area contributed by atoms with E-state index in [1.165, 1.54) is 10.8 Å². The summed E-state index contributed by atoms with van der Waals surface area (Å²) in [4.78, 5) is 0. The molecule has 2 aromatic rings. The maximum absolute atomic E-state index is 4.94. The van der Waals surface area contributed by atoms with Gasteiger partial charge < -0.3 is 4.74 Å². The van der Waals surface area contributed by atoms with Crippen LogP contribution < -0.4 is 0 Å². The zero-order chi connectivity index (χ0) is 16.5. The zero-order valence-electron chi connectivity index (χ0n) is 15.0. The van der Waals surface area contributed by atoms with Gasteiger partial charge >= 0.3 is 0 Å². The summed E-state index contributed by atoms with van der Waals surface area (Å²) in [6, 6.07) is 16.7. The Hall–Kier alpha value is -1.34. The number of hydrogen-bond donors (Lipinski definition) is 0. The van der Waals surface area contributed by atoms with Crippen molar-refractivity contribution in [1.82, 2.24) is 0 Å². The van der Waals surface area contributed by atoms with Crippen LogP contribution in [0.4, 0.5) is 0 Å². The van der Waals surface area contributed by atoms with E-state index in [2.05, 4.69) is 76.2 Å². The molecule has 2 rings (SSSR count). The van der Waals surface area contributed by atoms with Crippen LogP contribution in [0.25, 0.3) is 10.8 Å². The second-order valence-corrected chi connectivity index (χ2v) is 7.66. The molecule has 0 atom stereocenters. The first-order valence-electron chi connectivity index (χ1n) is 7.52. The molecule has 0 fully saturated rings. The second-order valence-electron chi connectivity index (χ2n) is 7.66. The molecular formula is C20H32O. The van der Waals surface area contributed by atoms with Gasteiger partial charge in [-0.3, -0.25) is 0 Å². The summed E-state index contributed by atoms with van der Waals surface area (Å²) in [5.41, 5.74) is 0.542. The molecule has 0 unspecified atom stereocenters. The standard InChI is InChI=1S/C10H8.C5H12O.C5H12/c1-2-6-10-8-4-3-7-9(10)5-1;1-5(2,3)6-4;1-5(2,3)4/h1-8H;1-4H3;1-4H3. The van der Waals surface area contributed by atoms with Crippen molar-refractivity contribution in [3.05, 3.63) is 48.5 Å². The Kier molecular flexibility index (Phi) is 8.27. The summed E-state index contributed by atoms with van der Waals surface area (Å²) < 4.78 is 4.94. The van der Waals surface area contributed by atoms with E-state index in [9.17, 15) is 0 Å². The molecule has 0 aliphatic rings. The molecule has 0 spiro atoms. The van der Waals surface area contributed by atoms with Gasteiger partial charge in [0, 0.05) is 7.11 Å². The number of rotatable bonds is 0. The largest absolute Gasteiger partial charge is 0.379 e. The van der Waals surface area contributed by atoms with Crippen LogP contribution in [0.3, 0.4) is 0 Å². The highest BCUT2D eigenvalue weighted by molar-refractivity contribution is 5.81. The molecule has 0 aromatic heterocycles. The molecule has 1 heteroatoms. The first kappa shape index (κ1) is 19.7. The smallest absolute Gasteiger partial charge is 0.0594 e. The zero-order valence-corrected chi connectivity index (χ0v) is 15.0. The van der Waals surface area contributed by atoms with Gasteiger partial charge in [-0.25, -0.2) is 0 Å². The van der Waals surface area contributed by atoms with E-state index in [1.54, 1.807) is 7.11 Å². The number of methoxy groups -OCH3 is 1. The summed E-state index contributed by atoms with van der Waals surface area (Å²) in [7, 11) is 1.71. The van der Waals surface area contributed by atoms with Gasteiger partial charge in [0.05, 0.1) is 5.60 Å². The Balaban J connectivity index is 0.000000317. The molecule has 0 radical (unpaired) electrons. The number of hydrogen-bond acceptors (Lipinski definition) is 1. The molecule has 2 aromatic carbocycles.